The molecule has 0 heterocycles. The number of carbonyl (C=O) groups is 1. The number of carboxylic acids is 1. The largest absolute Gasteiger partial charge is 0.481 e. The fourth-order valence-electron chi connectivity index (χ4n) is 4.79. The molecule has 192 valence electrons. The van der Waals surface area contributed by atoms with Crippen molar-refractivity contribution < 1.29 is 23.4 Å². The van der Waals surface area contributed by atoms with Crippen molar-refractivity contribution in [1.82, 2.24) is 9.62 Å². The third-order valence-electron chi connectivity index (χ3n) is 6.49. The lowest BCUT2D eigenvalue weighted by molar-refractivity contribution is -0.136. The number of β-amino-alcohol motifs (C(OH)–C–C–N with tert-alkyl or cyclic N) is 1. The second-order valence-electron chi connectivity index (χ2n) is 10.1. The number of aliphatic hydroxyl groups excluding tert-OH is 1. The van der Waals surface area contributed by atoms with Crippen LogP contribution in [-0.2, 0) is 34.1 Å². The average Bonchev–Trinajstić information content (AvgIpc) is 3.17. The van der Waals surface area contributed by atoms with Crippen molar-refractivity contribution >= 4 is 27.6 Å². The third kappa shape index (κ3) is 7.75. The van der Waals surface area contributed by atoms with E-state index in [0.29, 0.717) is 11.5 Å². The van der Waals surface area contributed by atoms with Crippen LogP contribution >= 0.6 is 11.6 Å². The van der Waals surface area contributed by atoms with Gasteiger partial charge in [-0.05, 0) is 80.3 Å². The van der Waals surface area contributed by atoms with Gasteiger partial charge in [0.05, 0.1) is 11.0 Å². The van der Waals surface area contributed by atoms with Gasteiger partial charge in [0.1, 0.15) is 0 Å². The van der Waals surface area contributed by atoms with E-state index in [2.05, 4.69) is 43.4 Å². The molecule has 1 aliphatic carbocycles. The van der Waals surface area contributed by atoms with E-state index < -0.39 is 22.1 Å². The van der Waals surface area contributed by atoms with Gasteiger partial charge in [0.25, 0.3) is 0 Å². The Bertz CT molecular complexity index is 1130. The molecule has 1 unspecified atom stereocenters. The maximum Gasteiger partial charge on any atom is 0.303 e. The summed E-state index contributed by atoms with van der Waals surface area (Å²) < 4.78 is 27.2. The zero-order chi connectivity index (χ0) is 25.8. The molecule has 0 bridgehead atoms. The molecule has 0 radical (unpaired) electrons. The molecule has 0 fully saturated rings. The number of hydrogen-bond donors (Lipinski definition) is 3. The molecule has 3 N–H and O–H groups in total. The number of aliphatic hydroxyl groups is 1. The Morgan fingerprint density at radius 2 is 1.83 bits per heavy atom. The Morgan fingerprint density at radius 1 is 1.20 bits per heavy atom. The molecule has 0 aromatic heterocycles. The minimum absolute atomic E-state index is 0.0193. The lowest BCUT2D eigenvalue weighted by Crippen LogP contribution is -2.47. The molecular weight excluding hydrogens is 488 g/mol. The molecule has 7 nitrogen and oxygen atoms in total. The highest BCUT2D eigenvalue weighted by molar-refractivity contribution is 7.89. The Kier molecular flexibility index (Phi) is 8.99. The van der Waals surface area contributed by atoms with Crippen molar-refractivity contribution in [3.8, 4) is 0 Å². The van der Waals surface area contributed by atoms with E-state index in [1.54, 1.807) is 6.07 Å². The summed E-state index contributed by atoms with van der Waals surface area (Å²) in [5.74, 6) is -0.434. The molecule has 0 spiro atoms. The number of aliphatic carboxylic acids is 1. The van der Waals surface area contributed by atoms with Gasteiger partial charge in [-0.25, -0.2) is 8.42 Å². The van der Waals surface area contributed by atoms with Crippen LogP contribution in [0.1, 0.15) is 43.4 Å². The molecule has 2 aromatic carbocycles. The minimum atomic E-state index is -3.91. The van der Waals surface area contributed by atoms with Gasteiger partial charge in [0, 0.05) is 37.1 Å². The summed E-state index contributed by atoms with van der Waals surface area (Å²) in [6.07, 6.45) is 2.21. The highest BCUT2D eigenvalue weighted by Crippen LogP contribution is 2.32. The maximum atomic E-state index is 13.1. The molecule has 1 aliphatic rings. The maximum absolute atomic E-state index is 13.1. The Morgan fingerprint density at radius 3 is 2.43 bits per heavy atom. The van der Waals surface area contributed by atoms with Crippen molar-refractivity contribution in [2.45, 2.75) is 62.5 Å². The third-order valence-corrected chi connectivity index (χ3v) is 8.50. The SMILES string of the molecule is CN(CC(O)CNC(C)(C)CC1Cc2ccccc2C1)S(=O)(=O)c1cc(Cl)cc(CCC(=O)O)c1. The number of benzene rings is 2. The summed E-state index contributed by atoms with van der Waals surface area (Å²) in [6, 6.07) is 12.9. The van der Waals surface area contributed by atoms with E-state index in [0.717, 1.165) is 23.6 Å². The number of fused-ring (bicyclic) bond motifs is 1. The molecule has 2 aromatic rings. The van der Waals surface area contributed by atoms with Gasteiger partial charge < -0.3 is 15.5 Å². The van der Waals surface area contributed by atoms with Crippen molar-refractivity contribution in [3.05, 3.63) is 64.2 Å². The van der Waals surface area contributed by atoms with Crippen molar-refractivity contribution in [1.29, 1.82) is 0 Å². The summed E-state index contributed by atoms with van der Waals surface area (Å²) in [5.41, 5.74) is 3.14. The molecule has 0 aliphatic heterocycles. The summed E-state index contributed by atoms with van der Waals surface area (Å²) in [6.45, 7) is 4.38. The lowest BCUT2D eigenvalue weighted by Gasteiger charge is -2.31. The van der Waals surface area contributed by atoms with Crippen molar-refractivity contribution in [2.24, 2.45) is 5.92 Å². The fraction of sp³-hybridized carbons (Fsp3) is 0.500. The molecule has 0 saturated carbocycles. The van der Waals surface area contributed by atoms with E-state index in [4.69, 9.17) is 16.7 Å². The van der Waals surface area contributed by atoms with Crippen LogP contribution in [-0.4, -0.2) is 60.7 Å². The summed E-state index contributed by atoms with van der Waals surface area (Å²) >= 11 is 6.09. The van der Waals surface area contributed by atoms with Crippen LogP contribution in [0.5, 0.6) is 0 Å². The predicted octanol–water partition coefficient (Wildman–Crippen LogP) is 3.51. The number of nitrogens with one attached hydrogen (secondary N) is 1. The monoisotopic (exact) mass is 522 g/mol. The van der Waals surface area contributed by atoms with Crippen LogP contribution in [0.2, 0.25) is 5.02 Å². The van der Waals surface area contributed by atoms with Gasteiger partial charge in [-0.2, -0.15) is 4.31 Å². The second-order valence-corrected chi connectivity index (χ2v) is 12.6. The standard InChI is InChI=1S/C26H35ClN2O5S/c1-26(2,15-19-10-20-6-4-5-7-21(20)11-19)28-16-23(30)17-29(3)35(33,34)24-13-18(8-9-25(31)32)12-22(27)14-24/h4-7,12-14,19,23,28,30H,8-11,15-17H2,1-3H3,(H,31,32). The fourth-order valence-corrected chi connectivity index (χ4v) is 6.41. The van der Waals surface area contributed by atoms with Crippen LogP contribution in [0.3, 0.4) is 0 Å². The second kappa shape index (κ2) is 11.4. The highest BCUT2D eigenvalue weighted by Gasteiger charge is 2.29. The number of rotatable bonds is 12. The number of halogens is 1. The van der Waals surface area contributed by atoms with Crippen LogP contribution in [0.4, 0.5) is 0 Å². The van der Waals surface area contributed by atoms with Gasteiger partial charge in [-0.1, -0.05) is 35.9 Å². The molecule has 1 atom stereocenters. The lowest BCUT2D eigenvalue weighted by atomic mass is 9.88. The Labute approximate surface area is 213 Å². The minimum Gasteiger partial charge on any atom is -0.481 e. The van der Waals surface area contributed by atoms with E-state index >= 15 is 0 Å². The summed E-state index contributed by atoms with van der Waals surface area (Å²) in [5, 5.41) is 23.1. The van der Waals surface area contributed by atoms with Crippen LogP contribution in [0.15, 0.2) is 47.4 Å². The number of aryl methyl sites for hydroxylation is 1. The molecule has 9 heteroatoms. The van der Waals surface area contributed by atoms with E-state index in [1.165, 1.54) is 30.3 Å². The smallest absolute Gasteiger partial charge is 0.303 e. The number of sulfonamides is 1. The average molecular weight is 523 g/mol. The van der Waals surface area contributed by atoms with Gasteiger partial charge in [-0.15, -0.1) is 0 Å². The van der Waals surface area contributed by atoms with Gasteiger partial charge in [0.2, 0.25) is 10.0 Å². The molecule has 0 saturated heterocycles. The normalized spacial score (nSPS) is 15.4. The zero-order valence-corrected chi connectivity index (χ0v) is 22.1. The van der Waals surface area contributed by atoms with Crippen molar-refractivity contribution in [3.63, 3.8) is 0 Å². The highest BCUT2D eigenvalue weighted by atomic mass is 35.5. The number of likely N-dealkylation sites (N-methyl/N-ethyl adjacent to an activating group) is 1. The Hall–Kier alpha value is -1.97. The first kappa shape index (κ1) is 27.6. The van der Waals surface area contributed by atoms with E-state index in [9.17, 15) is 18.3 Å². The van der Waals surface area contributed by atoms with Crippen molar-refractivity contribution in [2.75, 3.05) is 20.1 Å². The van der Waals surface area contributed by atoms with E-state index in [-0.39, 0.29) is 41.4 Å². The number of nitrogens with zero attached hydrogens (tertiary/aromatic N) is 1. The molecule has 0 amide bonds. The predicted molar refractivity (Wildman–Crippen MR) is 137 cm³/mol. The summed E-state index contributed by atoms with van der Waals surface area (Å²) in [7, 11) is -2.49. The molecule has 3 rings (SSSR count). The Balaban J connectivity index is 1.54. The summed E-state index contributed by atoms with van der Waals surface area (Å²) in [4.78, 5) is 10.8. The first-order valence-electron chi connectivity index (χ1n) is 11.8. The van der Waals surface area contributed by atoms with Gasteiger partial charge in [-0.3, -0.25) is 4.79 Å². The zero-order valence-electron chi connectivity index (χ0n) is 20.5. The molecule has 35 heavy (non-hydrogen) atoms. The van der Waals surface area contributed by atoms with Gasteiger partial charge in [0.15, 0.2) is 0 Å². The number of hydrogen-bond acceptors (Lipinski definition) is 5. The molecular formula is C26H35ClN2O5S. The van der Waals surface area contributed by atoms with Crippen LogP contribution < -0.4 is 5.32 Å². The topological polar surface area (TPSA) is 107 Å². The first-order chi connectivity index (χ1) is 16.4. The quantitative estimate of drug-likeness (QED) is 0.394. The van der Waals surface area contributed by atoms with Gasteiger partial charge >= 0.3 is 5.97 Å². The van der Waals surface area contributed by atoms with Crippen LogP contribution in [0.25, 0.3) is 0 Å². The number of carboxylic acid groups (broad SMARTS) is 1. The van der Waals surface area contributed by atoms with Crippen LogP contribution in [0, 0.1) is 5.92 Å². The van der Waals surface area contributed by atoms with E-state index in [1.807, 2.05) is 0 Å². The first-order valence-corrected chi connectivity index (χ1v) is 13.6.